The smallest absolute Gasteiger partial charge is 0.258 e. The first kappa shape index (κ1) is 20.6. The number of aryl methyl sites for hydroxylation is 1. The fraction of sp³-hybridized carbons (Fsp3) is 0.185. The Bertz CT molecular complexity index is 1200. The molecule has 0 spiro atoms. The standard InChI is InChI=1S/C27H24N2O2S/c1-18-6-2-4-8-23(18)26(30)28-22-12-10-19(11-13-22)27(31)29-17-25-21(14-15-32-25)16-20-7-3-5-9-24(20)29/h2-15,21,25H,16-17H2,1H3,(H,28,30). The highest BCUT2D eigenvalue weighted by molar-refractivity contribution is 8.03. The number of nitrogens with one attached hydrogen (secondary N) is 1. The van der Waals surface area contributed by atoms with E-state index in [2.05, 4.69) is 22.9 Å². The molecule has 2 amide bonds. The van der Waals surface area contributed by atoms with E-state index in [0.717, 1.165) is 17.7 Å². The largest absolute Gasteiger partial charge is 0.322 e. The van der Waals surface area contributed by atoms with Crippen LogP contribution in [-0.4, -0.2) is 23.6 Å². The van der Waals surface area contributed by atoms with Crippen molar-refractivity contribution in [2.24, 2.45) is 5.92 Å². The number of allylic oxidation sites excluding steroid dienone is 1. The van der Waals surface area contributed by atoms with Gasteiger partial charge in [0, 0.05) is 34.3 Å². The van der Waals surface area contributed by atoms with Gasteiger partial charge in [-0.3, -0.25) is 9.59 Å². The topological polar surface area (TPSA) is 49.4 Å². The minimum Gasteiger partial charge on any atom is -0.322 e. The molecule has 1 N–H and O–H groups in total. The van der Waals surface area contributed by atoms with Crippen molar-refractivity contribution in [2.45, 2.75) is 18.6 Å². The molecule has 0 bridgehead atoms. The number of fused-ring (bicyclic) bond motifs is 2. The zero-order valence-electron chi connectivity index (χ0n) is 17.8. The molecule has 4 nitrogen and oxygen atoms in total. The van der Waals surface area contributed by atoms with E-state index in [4.69, 9.17) is 0 Å². The Morgan fingerprint density at radius 1 is 0.969 bits per heavy atom. The summed E-state index contributed by atoms with van der Waals surface area (Å²) in [5.41, 5.74) is 5.06. The summed E-state index contributed by atoms with van der Waals surface area (Å²) in [6.45, 7) is 2.60. The maximum Gasteiger partial charge on any atom is 0.258 e. The number of amides is 2. The maximum atomic E-state index is 13.5. The Labute approximate surface area is 192 Å². The van der Waals surface area contributed by atoms with Gasteiger partial charge in [0.1, 0.15) is 0 Å². The van der Waals surface area contributed by atoms with Gasteiger partial charge in [-0.25, -0.2) is 0 Å². The Kier molecular flexibility index (Phi) is 5.58. The van der Waals surface area contributed by atoms with Crippen molar-refractivity contribution < 1.29 is 9.59 Å². The van der Waals surface area contributed by atoms with Gasteiger partial charge in [0.05, 0.1) is 0 Å². The number of nitrogens with zero attached hydrogens (tertiary/aromatic N) is 1. The third-order valence-corrected chi connectivity index (χ3v) is 7.34. The Balaban J connectivity index is 1.37. The van der Waals surface area contributed by atoms with Crippen molar-refractivity contribution in [1.82, 2.24) is 0 Å². The lowest BCUT2D eigenvalue weighted by molar-refractivity contribution is 0.0985. The van der Waals surface area contributed by atoms with Gasteiger partial charge in [0.25, 0.3) is 11.8 Å². The average molecular weight is 441 g/mol. The molecule has 2 unspecified atom stereocenters. The van der Waals surface area contributed by atoms with E-state index in [0.29, 0.717) is 34.5 Å². The van der Waals surface area contributed by atoms with Crippen LogP contribution in [0.15, 0.2) is 84.3 Å². The molecule has 0 aliphatic carbocycles. The van der Waals surface area contributed by atoms with Crippen LogP contribution in [0.4, 0.5) is 11.4 Å². The van der Waals surface area contributed by atoms with Crippen LogP contribution in [0.3, 0.4) is 0 Å². The Morgan fingerprint density at radius 2 is 1.72 bits per heavy atom. The third kappa shape index (κ3) is 3.96. The zero-order valence-corrected chi connectivity index (χ0v) is 18.6. The normalized spacial score (nSPS) is 19.1. The van der Waals surface area contributed by atoms with Crippen molar-refractivity contribution in [3.05, 3.63) is 107 Å². The molecule has 2 atom stereocenters. The fourth-order valence-corrected chi connectivity index (χ4v) is 5.52. The molecular formula is C27H24N2O2S. The van der Waals surface area contributed by atoms with E-state index >= 15 is 0 Å². The molecule has 0 radical (unpaired) electrons. The first-order valence-electron chi connectivity index (χ1n) is 10.8. The van der Waals surface area contributed by atoms with E-state index in [1.54, 1.807) is 24.3 Å². The summed E-state index contributed by atoms with van der Waals surface area (Å²) in [7, 11) is 0. The van der Waals surface area contributed by atoms with Crippen LogP contribution < -0.4 is 10.2 Å². The van der Waals surface area contributed by atoms with Crippen molar-refractivity contribution in [1.29, 1.82) is 0 Å². The monoisotopic (exact) mass is 440 g/mol. The number of carbonyl (C=O) groups is 2. The molecule has 0 fully saturated rings. The quantitative estimate of drug-likeness (QED) is 0.569. The number of hydrogen-bond acceptors (Lipinski definition) is 3. The second-order valence-corrected chi connectivity index (χ2v) is 9.41. The van der Waals surface area contributed by atoms with Crippen LogP contribution in [-0.2, 0) is 6.42 Å². The third-order valence-electron chi connectivity index (χ3n) is 6.18. The van der Waals surface area contributed by atoms with Gasteiger partial charge in [-0.1, -0.05) is 42.5 Å². The molecule has 2 aliphatic heterocycles. The molecule has 3 aromatic rings. The first-order chi connectivity index (χ1) is 15.6. The van der Waals surface area contributed by atoms with Gasteiger partial charge in [0.15, 0.2) is 0 Å². The first-order valence-corrected chi connectivity index (χ1v) is 11.7. The molecule has 5 heteroatoms. The summed E-state index contributed by atoms with van der Waals surface area (Å²) >= 11 is 1.81. The number of benzene rings is 3. The molecule has 2 aliphatic rings. The van der Waals surface area contributed by atoms with E-state index in [9.17, 15) is 9.59 Å². The predicted molar refractivity (Wildman–Crippen MR) is 131 cm³/mol. The van der Waals surface area contributed by atoms with Crippen LogP contribution in [0.5, 0.6) is 0 Å². The molecule has 0 saturated carbocycles. The minimum absolute atomic E-state index is 0.0117. The van der Waals surface area contributed by atoms with Crippen LogP contribution >= 0.6 is 11.8 Å². The van der Waals surface area contributed by atoms with Gasteiger partial charge >= 0.3 is 0 Å². The fourth-order valence-electron chi connectivity index (χ4n) is 4.40. The molecule has 32 heavy (non-hydrogen) atoms. The summed E-state index contributed by atoms with van der Waals surface area (Å²) in [6, 6.07) is 22.9. The number of anilines is 2. The lowest BCUT2D eigenvalue weighted by atomic mass is 9.97. The number of para-hydroxylation sites is 1. The Morgan fingerprint density at radius 3 is 2.53 bits per heavy atom. The van der Waals surface area contributed by atoms with Gasteiger partial charge in [0.2, 0.25) is 0 Å². The highest BCUT2D eigenvalue weighted by Crippen LogP contribution is 2.39. The highest BCUT2D eigenvalue weighted by atomic mass is 32.2. The summed E-state index contributed by atoms with van der Waals surface area (Å²) in [5.74, 6) is 0.292. The summed E-state index contributed by atoms with van der Waals surface area (Å²) in [4.78, 5) is 28.0. The van der Waals surface area contributed by atoms with Gasteiger partial charge in [-0.05, 0) is 72.2 Å². The zero-order chi connectivity index (χ0) is 22.1. The molecule has 2 heterocycles. The molecule has 0 aromatic heterocycles. The molecule has 5 rings (SSSR count). The van der Waals surface area contributed by atoms with Crippen LogP contribution in [0, 0.1) is 12.8 Å². The summed E-state index contributed by atoms with van der Waals surface area (Å²) < 4.78 is 0. The maximum absolute atomic E-state index is 13.5. The number of rotatable bonds is 3. The molecule has 3 aromatic carbocycles. The van der Waals surface area contributed by atoms with Crippen molar-refractivity contribution in [3.63, 3.8) is 0 Å². The van der Waals surface area contributed by atoms with Crippen LogP contribution in [0.2, 0.25) is 0 Å². The molecule has 0 saturated heterocycles. The van der Waals surface area contributed by atoms with E-state index in [-0.39, 0.29) is 11.8 Å². The molecule has 160 valence electrons. The van der Waals surface area contributed by atoms with Crippen LogP contribution in [0.1, 0.15) is 31.8 Å². The van der Waals surface area contributed by atoms with Crippen molar-refractivity contribution in [2.75, 3.05) is 16.8 Å². The SMILES string of the molecule is Cc1ccccc1C(=O)Nc1ccc(C(=O)N2CC3SC=CC3Cc3ccccc32)cc1. The number of thioether (sulfide) groups is 1. The second-order valence-electron chi connectivity index (χ2n) is 8.26. The number of hydrogen-bond donors (Lipinski definition) is 1. The van der Waals surface area contributed by atoms with Crippen molar-refractivity contribution in [3.8, 4) is 0 Å². The Hall–Kier alpha value is -3.31. The summed E-state index contributed by atoms with van der Waals surface area (Å²) in [5, 5.41) is 5.46. The highest BCUT2D eigenvalue weighted by Gasteiger charge is 2.33. The number of carbonyl (C=O) groups excluding carboxylic acids is 2. The van der Waals surface area contributed by atoms with Gasteiger partial charge in [-0.15, -0.1) is 11.8 Å². The van der Waals surface area contributed by atoms with Crippen molar-refractivity contribution >= 4 is 35.0 Å². The van der Waals surface area contributed by atoms with E-state index in [1.165, 1.54) is 5.56 Å². The van der Waals surface area contributed by atoms with Crippen LogP contribution in [0.25, 0.3) is 0 Å². The summed E-state index contributed by atoms with van der Waals surface area (Å²) in [6.07, 6.45) is 3.23. The second kappa shape index (κ2) is 8.67. The van der Waals surface area contributed by atoms with Gasteiger partial charge < -0.3 is 10.2 Å². The predicted octanol–water partition coefficient (Wildman–Crippen LogP) is 5.70. The van der Waals surface area contributed by atoms with E-state index in [1.807, 2.05) is 66.1 Å². The van der Waals surface area contributed by atoms with Gasteiger partial charge in [-0.2, -0.15) is 0 Å². The average Bonchev–Trinajstić information content (AvgIpc) is 3.18. The lowest BCUT2D eigenvalue weighted by Gasteiger charge is -2.25. The van der Waals surface area contributed by atoms with E-state index < -0.39 is 0 Å². The molecular weight excluding hydrogens is 416 g/mol. The lowest BCUT2D eigenvalue weighted by Crippen LogP contribution is -2.36. The minimum atomic E-state index is -0.152.